The molecule has 0 bridgehead atoms. The number of halogens is 1. The number of nitrogens with zero attached hydrogens (tertiary/aromatic N) is 2. The lowest BCUT2D eigenvalue weighted by Gasteiger charge is -2.10. The van der Waals surface area contributed by atoms with E-state index in [1.165, 1.54) is 0 Å². The highest BCUT2D eigenvalue weighted by Gasteiger charge is 2.09. The molecule has 0 aliphatic rings. The quantitative estimate of drug-likeness (QED) is 0.783. The number of benzene rings is 1. The molecule has 4 heteroatoms. The maximum atomic E-state index is 6.02. The first kappa shape index (κ1) is 14.8. The zero-order valence-corrected chi connectivity index (χ0v) is 12.7. The van der Waals surface area contributed by atoms with Crippen LogP contribution >= 0.6 is 11.6 Å². The van der Waals surface area contributed by atoms with Crippen molar-refractivity contribution < 1.29 is 4.74 Å². The van der Waals surface area contributed by atoms with Crippen LogP contribution in [-0.4, -0.2) is 16.6 Å². The van der Waals surface area contributed by atoms with E-state index in [0.29, 0.717) is 17.5 Å². The van der Waals surface area contributed by atoms with Crippen molar-refractivity contribution in [2.45, 2.75) is 33.1 Å². The Hall–Kier alpha value is -1.61. The van der Waals surface area contributed by atoms with Gasteiger partial charge in [-0.3, -0.25) is 0 Å². The fraction of sp³-hybridized carbons (Fsp3) is 0.375. The van der Waals surface area contributed by atoms with Crippen LogP contribution in [0.5, 0.6) is 5.75 Å². The van der Waals surface area contributed by atoms with Crippen LogP contribution in [0.3, 0.4) is 0 Å². The zero-order chi connectivity index (χ0) is 14.4. The van der Waals surface area contributed by atoms with Gasteiger partial charge in [-0.05, 0) is 31.9 Å². The van der Waals surface area contributed by atoms with Crippen molar-refractivity contribution in [2.75, 3.05) is 6.61 Å². The molecule has 1 heterocycles. The van der Waals surface area contributed by atoms with E-state index in [2.05, 4.69) is 16.9 Å². The van der Waals surface area contributed by atoms with Gasteiger partial charge in [0.05, 0.1) is 18.5 Å². The van der Waals surface area contributed by atoms with Gasteiger partial charge in [-0.2, -0.15) is 0 Å². The molecular weight excluding hydrogens is 272 g/mol. The van der Waals surface area contributed by atoms with E-state index in [0.717, 1.165) is 36.3 Å². The Morgan fingerprint density at radius 1 is 1.25 bits per heavy atom. The summed E-state index contributed by atoms with van der Waals surface area (Å²) in [6, 6.07) is 7.59. The van der Waals surface area contributed by atoms with Gasteiger partial charge in [0.2, 0.25) is 0 Å². The molecule has 0 aliphatic carbocycles. The molecule has 0 aliphatic heterocycles. The Morgan fingerprint density at radius 3 is 2.80 bits per heavy atom. The summed E-state index contributed by atoms with van der Waals surface area (Å²) in [7, 11) is 0. The molecule has 20 heavy (non-hydrogen) atoms. The molecule has 1 aromatic carbocycles. The molecule has 0 saturated heterocycles. The summed E-state index contributed by atoms with van der Waals surface area (Å²) in [4.78, 5) is 9.03. The average molecular weight is 291 g/mol. The van der Waals surface area contributed by atoms with Gasteiger partial charge in [-0.15, -0.1) is 0 Å². The molecule has 106 valence electrons. The minimum absolute atomic E-state index is 0.624. The number of hydrogen-bond donors (Lipinski definition) is 0. The third kappa shape index (κ3) is 3.70. The van der Waals surface area contributed by atoms with Crippen molar-refractivity contribution >= 4 is 11.6 Å². The molecule has 1 aromatic heterocycles. The lowest BCUT2D eigenvalue weighted by molar-refractivity contribution is 0.332. The maximum Gasteiger partial charge on any atom is 0.159 e. The Morgan fingerprint density at radius 2 is 2.10 bits per heavy atom. The monoisotopic (exact) mass is 290 g/mol. The summed E-state index contributed by atoms with van der Waals surface area (Å²) in [6.07, 6.45) is 4.88. The van der Waals surface area contributed by atoms with Crippen LogP contribution in [-0.2, 0) is 6.42 Å². The molecule has 0 fully saturated rings. The summed E-state index contributed by atoms with van der Waals surface area (Å²) < 4.78 is 5.60. The van der Waals surface area contributed by atoms with Crippen molar-refractivity contribution in [2.24, 2.45) is 0 Å². The molecule has 0 amide bonds. The smallest absolute Gasteiger partial charge is 0.159 e. The fourth-order valence-electron chi connectivity index (χ4n) is 1.97. The molecule has 2 rings (SSSR count). The van der Waals surface area contributed by atoms with Crippen LogP contribution < -0.4 is 4.74 Å². The lowest BCUT2D eigenvalue weighted by Crippen LogP contribution is -2.02. The first-order valence-electron chi connectivity index (χ1n) is 6.99. The van der Waals surface area contributed by atoms with Gasteiger partial charge in [-0.25, -0.2) is 9.97 Å². The highest BCUT2D eigenvalue weighted by molar-refractivity contribution is 6.30. The summed E-state index contributed by atoms with van der Waals surface area (Å²) in [5.41, 5.74) is 1.90. The minimum Gasteiger partial charge on any atom is -0.490 e. The van der Waals surface area contributed by atoms with Crippen LogP contribution in [0.15, 0.2) is 30.5 Å². The molecule has 0 atom stereocenters. The van der Waals surface area contributed by atoms with Crippen molar-refractivity contribution in [1.29, 1.82) is 0 Å². The lowest BCUT2D eigenvalue weighted by atomic mass is 10.1. The van der Waals surface area contributed by atoms with Crippen molar-refractivity contribution in [3.05, 3.63) is 41.2 Å². The average Bonchev–Trinajstić information content (AvgIpc) is 2.46. The number of aromatic nitrogens is 2. The van der Waals surface area contributed by atoms with Gasteiger partial charge in [-0.1, -0.05) is 37.1 Å². The van der Waals surface area contributed by atoms with E-state index in [-0.39, 0.29) is 0 Å². The van der Waals surface area contributed by atoms with Gasteiger partial charge >= 0.3 is 0 Å². The SMILES string of the molecule is CCCCc1nc(-c2cccc(Cl)c2)ncc1OCC. The predicted octanol–water partition coefficient (Wildman–Crippen LogP) is 4.54. The van der Waals surface area contributed by atoms with Crippen LogP contribution in [0.4, 0.5) is 0 Å². The van der Waals surface area contributed by atoms with E-state index >= 15 is 0 Å². The number of ether oxygens (including phenoxy) is 1. The van der Waals surface area contributed by atoms with E-state index in [1.807, 2.05) is 31.2 Å². The van der Waals surface area contributed by atoms with Crippen molar-refractivity contribution in [3.63, 3.8) is 0 Å². The normalized spacial score (nSPS) is 10.6. The molecule has 0 unspecified atom stereocenters. The van der Waals surface area contributed by atoms with E-state index in [1.54, 1.807) is 6.20 Å². The number of unbranched alkanes of at least 4 members (excludes halogenated alkanes) is 1. The van der Waals surface area contributed by atoms with Crippen LogP contribution in [0.25, 0.3) is 11.4 Å². The van der Waals surface area contributed by atoms with Crippen LogP contribution in [0, 0.1) is 0 Å². The van der Waals surface area contributed by atoms with Gasteiger partial charge in [0.1, 0.15) is 0 Å². The van der Waals surface area contributed by atoms with Crippen LogP contribution in [0.2, 0.25) is 5.02 Å². The van der Waals surface area contributed by atoms with Gasteiger partial charge < -0.3 is 4.74 Å². The Bertz CT molecular complexity index is 572. The molecule has 0 N–H and O–H groups in total. The van der Waals surface area contributed by atoms with Gasteiger partial charge in [0.15, 0.2) is 11.6 Å². The topological polar surface area (TPSA) is 35.0 Å². The molecule has 0 radical (unpaired) electrons. The van der Waals surface area contributed by atoms with E-state index in [4.69, 9.17) is 16.3 Å². The first-order valence-corrected chi connectivity index (χ1v) is 7.37. The number of aryl methyl sites for hydroxylation is 1. The second-order valence-electron chi connectivity index (χ2n) is 4.55. The zero-order valence-electron chi connectivity index (χ0n) is 11.9. The van der Waals surface area contributed by atoms with Gasteiger partial charge in [0.25, 0.3) is 0 Å². The standard InChI is InChI=1S/C16H19ClN2O/c1-3-5-9-14-15(20-4-2)11-18-16(19-14)12-7-6-8-13(17)10-12/h6-8,10-11H,3-5,9H2,1-2H3. The molecule has 0 saturated carbocycles. The summed E-state index contributed by atoms with van der Waals surface area (Å²) in [5.74, 6) is 1.48. The highest BCUT2D eigenvalue weighted by atomic mass is 35.5. The summed E-state index contributed by atoms with van der Waals surface area (Å²) in [5, 5.41) is 0.690. The third-order valence-electron chi connectivity index (χ3n) is 2.98. The van der Waals surface area contributed by atoms with Crippen molar-refractivity contribution in [1.82, 2.24) is 9.97 Å². The molecule has 2 aromatic rings. The van der Waals surface area contributed by atoms with E-state index in [9.17, 15) is 0 Å². The number of rotatable bonds is 6. The van der Waals surface area contributed by atoms with Gasteiger partial charge in [0, 0.05) is 10.6 Å². The van der Waals surface area contributed by atoms with Crippen molar-refractivity contribution in [3.8, 4) is 17.1 Å². The number of hydrogen-bond acceptors (Lipinski definition) is 3. The molecule has 0 spiro atoms. The van der Waals surface area contributed by atoms with Crippen LogP contribution in [0.1, 0.15) is 32.4 Å². The Kier molecular flexibility index (Phi) is 5.36. The fourth-order valence-corrected chi connectivity index (χ4v) is 2.16. The summed E-state index contributed by atoms with van der Waals surface area (Å²) in [6.45, 7) is 4.76. The molecule has 3 nitrogen and oxygen atoms in total. The Balaban J connectivity index is 2.35. The highest BCUT2D eigenvalue weighted by Crippen LogP contribution is 2.24. The Labute approximate surface area is 125 Å². The largest absolute Gasteiger partial charge is 0.490 e. The third-order valence-corrected chi connectivity index (χ3v) is 3.21. The minimum atomic E-state index is 0.624. The second-order valence-corrected chi connectivity index (χ2v) is 4.99. The molecular formula is C16H19ClN2O. The summed E-state index contributed by atoms with van der Waals surface area (Å²) >= 11 is 6.02. The first-order chi connectivity index (χ1) is 9.74. The van der Waals surface area contributed by atoms with E-state index < -0.39 is 0 Å². The predicted molar refractivity (Wildman–Crippen MR) is 82.3 cm³/mol. The second kappa shape index (κ2) is 7.25. The maximum absolute atomic E-state index is 6.02.